The molecule has 1 aliphatic heterocycles. The molecule has 0 radical (unpaired) electrons. The van der Waals surface area contributed by atoms with E-state index in [4.69, 9.17) is 4.74 Å². The molecule has 1 rings (SSSR count). The van der Waals surface area contributed by atoms with Gasteiger partial charge in [0.05, 0.1) is 12.5 Å². The highest BCUT2D eigenvalue weighted by atomic mass is 16.5. The fourth-order valence-corrected chi connectivity index (χ4v) is 0.928. The highest BCUT2D eigenvalue weighted by Gasteiger charge is 1.99. The molecule has 0 unspecified atom stereocenters. The second-order valence-electron chi connectivity index (χ2n) is 2.25. The van der Waals surface area contributed by atoms with Gasteiger partial charge in [0.2, 0.25) is 0 Å². The lowest BCUT2D eigenvalue weighted by molar-refractivity contribution is 0.381. The molecular weight excluding hydrogens is 112 g/mol. The molecule has 1 heteroatoms. The maximum absolute atomic E-state index is 4.88. The van der Waals surface area contributed by atoms with Gasteiger partial charge in [-0.25, -0.2) is 0 Å². The molecule has 0 aromatic carbocycles. The molecule has 0 fully saturated rings. The molecule has 50 valence electrons. The van der Waals surface area contributed by atoms with Crippen molar-refractivity contribution in [1.82, 2.24) is 0 Å². The van der Waals surface area contributed by atoms with Gasteiger partial charge in [0, 0.05) is 5.92 Å². The molecule has 1 aliphatic rings. The van der Waals surface area contributed by atoms with E-state index < -0.39 is 0 Å². The van der Waals surface area contributed by atoms with E-state index in [0.717, 1.165) is 0 Å². The molecule has 0 aromatic rings. The van der Waals surface area contributed by atoms with Crippen LogP contribution in [0.25, 0.3) is 0 Å². The van der Waals surface area contributed by atoms with Gasteiger partial charge in [0.25, 0.3) is 0 Å². The Bertz CT molecular complexity index is 113. The summed E-state index contributed by atoms with van der Waals surface area (Å²) >= 11 is 0. The van der Waals surface area contributed by atoms with Crippen LogP contribution in [-0.2, 0) is 4.74 Å². The van der Waals surface area contributed by atoms with Crippen molar-refractivity contribution in [3.05, 3.63) is 24.7 Å². The number of hydrogen-bond donors (Lipinski definition) is 0. The average molecular weight is 124 g/mol. The summed E-state index contributed by atoms with van der Waals surface area (Å²) in [6.07, 6.45) is 10.1. The monoisotopic (exact) mass is 124 g/mol. The Morgan fingerprint density at radius 1 is 1.33 bits per heavy atom. The van der Waals surface area contributed by atoms with Gasteiger partial charge in [-0.15, -0.1) is 0 Å². The van der Waals surface area contributed by atoms with Crippen LogP contribution in [0.1, 0.15) is 19.8 Å². The van der Waals surface area contributed by atoms with Crippen LogP contribution < -0.4 is 0 Å². The zero-order chi connectivity index (χ0) is 6.53. The van der Waals surface area contributed by atoms with E-state index in [1.54, 1.807) is 12.5 Å². The third-order valence-electron chi connectivity index (χ3n) is 1.43. The van der Waals surface area contributed by atoms with Gasteiger partial charge < -0.3 is 4.74 Å². The molecule has 0 saturated heterocycles. The van der Waals surface area contributed by atoms with Crippen LogP contribution in [0.15, 0.2) is 24.7 Å². The third kappa shape index (κ3) is 1.92. The summed E-state index contributed by atoms with van der Waals surface area (Å²) in [5.41, 5.74) is 0. The first kappa shape index (κ1) is 6.40. The average Bonchev–Trinajstić information content (AvgIpc) is 1.91. The summed E-state index contributed by atoms with van der Waals surface area (Å²) < 4.78 is 4.88. The molecule has 0 aromatic heterocycles. The first-order valence-corrected chi connectivity index (χ1v) is 3.42. The Morgan fingerprint density at radius 3 is 2.56 bits per heavy atom. The van der Waals surface area contributed by atoms with E-state index in [2.05, 4.69) is 19.1 Å². The minimum atomic E-state index is 0.615. The van der Waals surface area contributed by atoms with Crippen molar-refractivity contribution in [2.45, 2.75) is 19.8 Å². The van der Waals surface area contributed by atoms with E-state index in [9.17, 15) is 0 Å². The zero-order valence-electron chi connectivity index (χ0n) is 5.71. The Labute approximate surface area is 56.0 Å². The third-order valence-corrected chi connectivity index (χ3v) is 1.43. The maximum Gasteiger partial charge on any atom is 0.0867 e. The molecule has 0 N–H and O–H groups in total. The van der Waals surface area contributed by atoms with Crippen LogP contribution in [-0.4, -0.2) is 0 Å². The molecular formula is C8H12O. The van der Waals surface area contributed by atoms with Crippen LogP contribution in [0.3, 0.4) is 0 Å². The van der Waals surface area contributed by atoms with Crippen molar-refractivity contribution in [2.75, 3.05) is 0 Å². The number of allylic oxidation sites excluding steroid dienone is 2. The lowest BCUT2D eigenvalue weighted by Crippen LogP contribution is -1.94. The van der Waals surface area contributed by atoms with Crippen molar-refractivity contribution >= 4 is 0 Å². The Hall–Kier alpha value is -0.720. The lowest BCUT2D eigenvalue weighted by atomic mass is 10.0. The topological polar surface area (TPSA) is 9.23 Å². The first-order chi connectivity index (χ1) is 4.43. The molecule has 0 aliphatic carbocycles. The highest BCUT2D eigenvalue weighted by Crippen LogP contribution is 2.12. The molecule has 1 nitrogen and oxygen atoms in total. The van der Waals surface area contributed by atoms with Crippen molar-refractivity contribution in [1.29, 1.82) is 0 Å². The van der Waals surface area contributed by atoms with Crippen LogP contribution >= 0.6 is 0 Å². The summed E-state index contributed by atoms with van der Waals surface area (Å²) in [6.45, 7) is 2.19. The second kappa shape index (κ2) is 3.33. The van der Waals surface area contributed by atoms with Crippen molar-refractivity contribution in [3.63, 3.8) is 0 Å². The highest BCUT2D eigenvalue weighted by molar-refractivity contribution is 5.00. The largest absolute Gasteiger partial charge is 0.473 e. The van der Waals surface area contributed by atoms with Crippen molar-refractivity contribution < 1.29 is 4.74 Å². The van der Waals surface area contributed by atoms with Gasteiger partial charge >= 0.3 is 0 Å². The van der Waals surface area contributed by atoms with Crippen molar-refractivity contribution in [3.8, 4) is 0 Å². The van der Waals surface area contributed by atoms with Gasteiger partial charge in [0.15, 0.2) is 0 Å². The van der Waals surface area contributed by atoms with Gasteiger partial charge in [-0.1, -0.05) is 13.3 Å². The molecule has 1 heterocycles. The molecule has 0 atom stereocenters. The minimum absolute atomic E-state index is 0.615. The van der Waals surface area contributed by atoms with Gasteiger partial charge in [-0.2, -0.15) is 0 Å². The quantitative estimate of drug-likeness (QED) is 0.549. The predicted octanol–water partition coefficient (Wildman–Crippen LogP) is 2.46. The standard InChI is InChI=1S/C8H12O/c1-2-3-8-4-6-9-7-5-8/h4-8H,2-3H2,1H3. The second-order valence-corrected chi connectivity index (χ2v) is 2.25. The SMILES string of the molecule is CCCC1C=COC=C1. The van der Waals surface area contributed by atoms with Gasteiger partial charge in [0.1, 0.15) is 0 Å². The Morgan fingerprint density at radius 2 is 2.00 bits per heavy atom. The maximum atomic E-state index is 4.88. The predicted molar refractivity (Wildman–Crippen MR) is 37.8 cm³/mol. The zero-order valence-corrected chi connectivity index (χ0v) is 5.71. The van der Waals surface area contributed by atoms with Crippen molar-refractivity contribution in [2.24, 2.45) is 5.92 Å². The van der Waals surface area contributed by atoms with E-state index in [1.807, 2.05) is 0 Å². The lowest BCUT2D eigenvalue weighted by Gasteiger charge is -2.07. The number of ether oxygens (including phenoxy) is 1. The summed E-state index contributed by atoms with van der Waals surface area (Å²) in [5, 5.41) is 0. The van der Waals surface area contributed by atoms with E-state index in [0.29, 0.717) is 5.92 Å². The fourth-order valence-electron chi connectivity index (χ4n) is 0.928. The van der Waals surface area contributed by atoms with E-state index in [-0.39, 0.29) is 0 Å². The van der Waals surface area contributed by atoms with Gasteiger partial charge in [-0.05, 0) is 18.6 Å². The summed E-state index contributed by atoms with van der Waals surface area (Å²) in [6, 6.07) is 0. The number of hydrogen-bond acceptors (Lipinski definition) is 1. The Kier molecular flexibility index (Phi) is 2.37. The number of rotatable bonds is 2. The molecule has 0 saturated carbocycles. The van der Waals surface area contributed by atoms with E-state index in [1.165, 1.54) is 12.8 Å². The van der Waals surface area contributed by atoms with Crippen LogP contribution in [0, 0.1) is 5.92 Å². The molecule has 0 amide bonds. The van der Waals surface area contributed by atoms with Gasteiger partial charge in [-0.3, -0.25) is 0 Å². The fraction of sp³-hybridized carbons (Fsp3) is 0.500. The molecule has 9 heavy (non-hydrogen) atoms. The minimum Gasteiger partial charge on any atom is -0.473 e. The summed E-state index contributed by atoms with van der Waals surface area (Å²) in [7, 11) is 0. The summed E-state index contributed by atoms with van der Waals surface area (Å²) in [5.74, 6) is 0.615. The van der Waals surface area contributed by atoms with E-state index >= 15 is 0 Å². The summed E-state index contributed by atoms with van der Waals surface area (Å²) in [4.78, 5) is 0. The Balaban J connectivity index is 2.31. The molecule has 0 spiro atoms. The van der Waals surface area contributed by atoms with Crippen LogP contribution in [0.4, 0.5) is 0 Å². The van der Waals surface area contributed by atoms with Crippen LogP contribution in [0.2, 0.25) is 0 Å². The normalized spacial score (nSPS) is 17.9. The first-order valence-electron chi connectivity index (χ1n) is 3.42. The smallest absolute Gasteiger partial charge is 0.0867 e. The van der Waals surface area contributed by atoms with Crippen LogP contribution in [0.5, 0.6) is 0 Å². The molecule has 0 bridgehead atoms.